The Morgan fingerprint density at radius 2 is 1.86 bits per heavy atom. The van der Waals surface area contributed by atoms with Gasteiger partial charge in [0.2, 0.25) is 0 Å². The van der Waals surface area contributed by atoms with E-state index in [1.807, 2.05) is 36.4 Å². The fourth-order valence-electron chi connectivity index (χ4n) is 1.77. The number of carbonyl (C=O) groups is 1. The van der Waals surface area contributed by atoms with Gasteiger partial charge >= 0.3 is 0 Å². The molecule has 1 N–H and O–H groups in total. The van der Waals surface area contributed by atoms with Gasteiger partial charge in [0.15, 0.2) is 6.61 Å². The lowest BCUT2D eigenvalue weighted by Gasteiger charge is -2.10. The molecule has 2 aromatic rings. The summed E-state index contributed by atoms with van der Waals surface area (Å²) in [6, 6.07) is 14.9. The Morgan fingerprint density at radius 1 is 1.14 bits per heavy atom. The van der Waals surface area contributed by atoms with Gasteiger partial charge in [-0.15, -0.1) is 0 Å². The molecule has 0 aliphatic rings. The van der Waals surface area contributed by atoms with Crippen LogP contribution in [-0.2, 0) is 11.3 Å². The second-order valence-electron chi connectivity index (χ2n) is 4.33. The molecule has 0 heterocycles. The minimum absolute atomic E-state index is 0.0171. The summed E-state index contributed by atoms with van der Waals surface area (Å²) in [5.74, 6) is 1.24. The highest BCUT2D eigenvalue weighted by atomic mass is 79.9. The molecular weight excluding hydrogens is 334 g/mol. The Bertz CT molecular complexity index is 599. The smallest absolute Gasteiger partial charge is 0.258 e. The van der Waals surface area contributed by atoms with Crippen molar-refractivity contribution < 1.29 is 14.3 Å². The van der Waals surface area contributed by atoms with Crippen LogP contribution in [0.15, 0.2) is 53.0 Å². The van der Waals surface area contributed by atoms with Crippen LogP contribution in [0.1, 0.15) is 5.56 Å². The molecule has 5 heteroatoms. The van der Waals surface area contributed by atoms with E-state index in [2.05, 4.69) is 21.2 Å². The van der Waals surface area contributed by atoms with Gasteiger partial charge in [0.25, 0.3) is 5.91 Å². The van der Waals surface area contributed by atoms with Crippen molar-refractivity contribution in [2.24, 2.45) is 0 Å². The number of hydrogen-bond acceptors (Lipinski definition) is 3. The number of halogens is 1. The number of para-hydroxylation sites is 1. The molecule has 0 radical (unpaired) electrons. The Kier molecular flexibility index (Phi) is 5.63. The van der Waals surface area contributed by atoms with E-state index in [4.69, 9.17) is 9.47 Å². The average molecular weight is 350 g/mol. The number of nitrogens with one attached hydrogen (secondary N) is 1. The van der Waals surface area contributed by atoms with Gasteiger partial charge in [-0.25, -0.2) is 0 Å². The van der Waals surface area contributed by atoms with E-state index in [-0.39, 0.29) is 12.5 Å². The molecule has 0 saturated carbocycles. The first-order valence-electron chi connectivity index (χ1n) is 6.46. The van der Waals surface area contributed by atoms with Crippen molar-refractivity contribution in [3.8, 4) is 11.5 Å². The molecule has 1 amide bonds. The highest BCUT2D eigenvalue weighted by Crippen LogP contribution is 2.17. The van der Waals surface area contributed by atoms with Gasteiger partial charge < -0.3 is 14.8 Å². The summed E-state index contributed by atoms with van der Waals surface area (Å²) in [6.45, 7) is 0.392. The molecule has 0 saturated heterocycles. The zero-order valence-corrected chi connectivity index (χ0v) is 13.2. The number of amides is 1. The number of methoxy groups -OCH3 is 1. The third-order valence-electron chi connectivity index (χ3n) is 2.85. The first-order valence-corrected chi connectivity index (χ1v) is 7.25. The van der Waals surface area contributed by atoms with Gasteiger partial charge in [0.1, 0.15) is 11.5 Å². The summed E-state index contributed by atoms with van der Waals surface area (Å²) in [7, 11) is 1.61. The quantitative estimate of drug-likeness (QED) is 0.871. The lowest BCUT2D eigenvalue weighted by Crippen LogP contribution is -2.28. The van der Waals surface area contributed by atoms with Gasteiger partial charge in [-0.3, -0.25) is 4.79 Å². The van der Waals surface area contributed by atoms with Crippen LogP contribution >= 0.6 is 15.9 Å². The predicted octanol–water partition coefficient (Wildman–Crippen LogP) is 3.15. The lowest BCUT2D eigenvalue weighted by molar-refractivity contribution is -0.123. The van der Waals surface area contributed by atoms with E-state index in [0.717, 1.165) is 15.8 Å². The molecule has 0 fully saturated rings. The van der Waals surface area contributed by atoms with E-state index in [0.29, 0.717) is 12.3 Å². The minimum Gasteiger partial charge on any atom is -0.496 e. The number of carbonyl (C=O) groups excluding carboxylic acids is 1. The Balaban J connectivity index is 1.81. The molecule has 0 unspecified atom stereocenters. The SMILES string of the molecule is COc1ccccc1CNC(=O)COc1ccc(Br)cc1. The van der Waals surface area contributed by atoms with Crippen molar-refractivity contribution in [3.05, 3.63) is 58.6 Å². The molecule has 110 valence electrons. The van der Waals surface area contributed by atoms with E-state index in [1.165, 1.54) is 0 Å². The molecule has 0 atom stereocenters. The lowest BCUT2D eigenvalue weighted by atomic mass is 10.2. The standard InChI is InChI=1S/C16H16BrNO3/c1-20-15-5-3-2-4-12(15)10-18-16(19)11-21-14-8-6-13(17)7-9-14/h2-9H,10-11H2,1H3,(H,18,19). The van der Waals surface area contributed by atoms with Crippen LogP contribution in [0.25, 0.3) is 0 Å². The second-order valence-corrected chi connectivity index (χ2v) is 5.25. The van der Waals surface area contributed by atoms with Crippen molar-refractivity contribution in [1.82, 2.24) is 5.32 Å². The Hall–Kier alpha value is -2.01. The molecule has 0 bridgehead atoms. The average Bonchev–Trinajstić information content (AvgIpc) is 2.52. The third-order valence-corrected chi connectivity index (χ3v) is 3.38. The number of hydrogen-bond donors (Lipinski definition) is 1. The first-order chi connectivity index (χ1) is 10.2. The van der Waals surface area contributed by atoms with Gasteiger partial charge in [-0.05, 0) is 30.3 Å². The number of rotatable bonds is 6. The fourth-order valence-corrected chi connectivity index (χ4v) is 2.04. The van der Waals surface area contributed by atoms with Crippen LogP contribution in [0.2, 0.25) is 0 Å². The molecular formula is C16H16BrNO3. The summed E-state index contributed by atoms with van der Waals surface area (Å²) < 4.78 is 11.6. The van der Waals surface area contributed by atoms with Crippen molar-refractivity contribution in [2.75, 3.05) is 13.7 Å². The van der Waals surface area contributed by atoms with E-state index in [9.17, 15) is 4.79 Å². The second kappa shape index (κ2) is 7.69. The maximum absolute atomic E-state index is 11.8. The highest BCUT2D eigenvalue weighted by molar-refractivity contribution is 9.10. The van der Waals surface area contributed by atoms with E-state index >= 15 is 0 Å². The molecule has 2 rings (SSSR count). The molecule has 21 heavy (non-hydrogen) atoms. The van der Waals surface area contributed by atoms with Crippen molar-refractivity contribution >= 4 is 21.8 Å². The molecule has 0 aromatic heterocycles. The summed E-state index contributed by atoms with van der Waals surface area (Å²) in [5, 5.41) is 2.80. The molecule has 0 spiro atoms. The van der Waals surface area contributed by atoms with Crippen molar-refractivity contribution in [1.29, 1.82) is 0 Å². The van der Waals surface area contributed by atoms with Crippen LogP contribution < -0.4 is 14.8 Å². The van der Waals surface area contributed by atoms with Gasteiger partial charge in [0.05, 0.1) is 7.11 Å². The number of ether oxygens (including phenoxy) is 2. The predicted molar refractivity (Wildman–Crippen MR) is 84.5 cm³/mol. The topological polar surface area (TPSA) is 47.6 Å². The number of benzene rings is 2. The normalized spacial score (nSPS) is 10.0. The van der Waals surface area contributed by atoms with Crippen LogP contribution in [0, 0.1) is 0 Å². The third kappa shape index (κ3) is 4.79. The maximum atomic E-state index is 11.8. The minimum atomic E-state index is -0.177. The van der Waals surface area contributed by atoms with Gasteiger partial charge in [-0.1, -0.05) is 34.1 Å². The fraction of sp³-hybridized carbons (Fsp3) is 0.188. The highest BCUT2D eigenvalue weighted by Gasteiger charge is 2.05. The van der Waals surface area contributed by atoms with Crippen LogP contribution in [0.3, 0.4) is 0 Å². The van der Waals surface area contributed by atoms with Crippen molar-refractivity contribution in [3.63, 3.8) is 0 Å². The summed E-state index contributed by atoms with van der Waals surface area (Å²) in [5.41, 5.74) is 0.928. The van der Waals surface area contributed by atoms with Crippen LogP contribution in [-0.4, -0.2) is 19.6 Å². The van der Waals surface area contributed by atoms with Crippen molar-refractivity contribution in [2.45, 2.75) is 6.54 Å². The zero-order chi connectivity index (χ0) is 15.1. The Labute approximate surface area is 132 Å². The van der Waals surface area contributed by atoms with Crippen LogP contribution in [0.5, 0.6) is 11.5 Å². The molecule has 4 nitrogen and oxygen atoms in total. The molecule has 2 aromatic carbocycles. The van der Waals surface area contributed by atoms with E-state index in [1.54, 1.807) is 19.2 Å². The first kappa shape index (κ1) is 15.4. The summed E-state index contributed by atoms with van der Waals surface area (Å²) in [4.78, 5) is 11.8. The monoisotopic (exact) mass is 349 g/mol. The molecule has 0 aliphatic carbocycles. The van der Waals surface area contributed by atoms with Gasteiger partial charge in [-0.2, -0.15) is 0 Å². The maximum Gasteiger partial charge on any atom is 0.258 e. The van der Waals surface area contributed by atoms with E-state index < -0.39 is 0 Å². The molecule has 0 aliphatic heterocycles. The van der Waals surface area contributed by atoms with Gasteiger partial charge in [0, 0.05) is 16.6 Å². The summed E-state index contributed by atoms with van der Waals surface area (Å²) >= 11 is 3.34. The summed E-state index contributed by atoms with van der Waals surface area (Å²) in [6.07, 6.45) is 0. The van der Waals surface area contributed by atoms with Crippen LogP contribution in [0.4, 0.5) is 0 Å². The zero-order valence-electron chi connectivity index (χ0n) is 11.6. The Morgan fingerprint density at radius 3 is 2.57 bits per heavy atom. The largest absolute Gasteiger partial charge is 0.496 e.